The molecule has 0 radical (unpaired) electrons. The molecule has 8 nitrogen and oxygen atoms in total. The van der Waals surface area contributed by atoms with Crippen molar-refractivity contribution in [1.82, 2.24) is 10.2 Å². The van der Waals surface area contributed by atoms with Crippen LogP contribution in [0.1, 0.15) is 27.7 Å². The zero-order chi connectivity index (χ0) is 26.9. The molecule has 1 aliphatic rings. The highest BCUT2D eigenvalue weighted by Crippen LogP contribution is 2.44. The Morgan fingerprint density at radius 2 is 1.79 bits per heavy atom. The number of hydrogen-bond donors (Lipinski definition) is 1. The number of fused-ring (bicyclic) bond motifs is 1. The van der Waals surface area contributed by atoms with Crippen LogP contribution < -0.4 is 9.64 Å². The fourth-order valence-corrected chi connectivity index (χ4v) is 6.26. The summed E-state index contributed by atoms with van der Waals surface area (Å²) in [5.41, 5.74) is 2.18. The summed E-state index contributed by atoms with van der Waals surface area (Å²) >= 11 is 2.72. The molecular weight excluding hydrogens is 534 g/mol. The number of aliphatic hydroxyl groups excluding tert-OH is 1. The maximum Gasteiger partial charge on any atom is 0.296 e. The predicted octanol–water partition coefficient (Wildman–Crippen LogP) is 6.37. The van der Waals surface area contributed by atoms with E-state index in [-0.39, 0.29) is 16.5 Å². The molecule has 0 bridgehead atoms. The molecule has 194 valence electrons. The molecule has 5 aromatic rings. The number of methoxy groups -OCH3 is 1. The quantitative estimate of drug-likeness (QED) is 0.134. The van der Waals surface area contributed by atoms with Crippen LogP contribution in [0.25, 0.3) is 11.0 Å². The third kappa shape index (κ3) is 4.68. The van der Waals surface area contributed by atoms with Crippen LogP contribution in [0.5, 0.6) is 5.75 Å². The van der Waals surface area contributed by atoms with E-state index >= 15 is 0 Å². The number of para-hydroxylation sites is 1. The number of nitrogens with zero attached hydrogens (tertiary/aromatic N) is 3. The second kappa shape index (κ2) is 10.4. The third-order valence-electron chi connectivity index (χ3n) is 6.34. The Balaban J connectivity index is 1.37. The van der Waals surface area contributed by atoms with Crippen molar-refractivity contribution in [2.75, 3.05) is 12.0 Å². The maximum absolute atomic E-state index is 13.8. The van der Waals surface area contributed by atoms with Gasteiger partial charge in [0.25, 0.3) is 5.91 Å². The maximum atomic E-state index is 13.8. The number of carbonyl (C=O) groups is 2. The standard InChI is InChI=1S/C29H21N3O5S2/c1-36-20-13-11-18(12-14-20)24-23(25(33)22-15-19-9-5-6-10-21(19)37-22)26(34)27(35)32(24)28-30-31-29(39-28)38-16-17-7-3-2-4-8-17/h2-15,24,34H,16H2,1H3. The van der Waals surface area contributed by atoms with Crippen LogP contribution in [0, 0.1) is 0 Å². The van der Waals surface area contributed by atoms with Gasteiger partial charge < -0.3 is 14.3 Å². The van der Waals surface area contributed by atoms with Crippen molar-refractivity contribution in [1.29, 1.82) is 0 Å². The van der Waals surface area contributed by atoms with Gasteiger partial charge in [-0.1, -0.05) is 83.8 Å². The topological polar surface area (TPSA) is 106 Å². The SMILES string of the molecule is COc1ccc(C2C(C(=O)c3cc4ccccc4o3)=C(O)C(=O)N2c2nnc(SCc3ccccc3)s2)cc1. The van der Waals surface area contributed by atoms with Gasteiger partial charge in [-0.15, -0.1) is 10.2 Å². The van der Waals surface area contributed by atoms with Crippen molar-refractivity contribution < 1.29 is 23.8 Å². The molecule has 0 saturated carbocycles. The zero-order valence-corrected chi connectivity index (χ0v) is 22.2. The lowest BCUT2D eigenvalue weighted by molar-refractivity contribution is -0.117. The van der Waals surface area contributed by atoms with E-state index in [0.29, 0.717) is 27.0 Å². The van der Waals surface area contributed by atoms with Gasteiger partial charge in [-0.3, -0.25) is 14.5 Å². The molecular formula is C29H21N3O5S2. The van der Waals surface area contributed by atoms with Gasteiger partial charge in [-0.25, -0.2) is 0 Å². The molecule has 0 saturated heterocycles. The summed E-state index contributed by atoms with van der Waals surface area (Å²) in [5.74, 6) is -0.625. The Morgan fingerprint density at radius 3 is 2.54 bits per heavy atom. The molecule has 2 aromatic heterocycles. The number of benzene rings is 3. The van der Waals surface area contributed by atoms with Gasteiger partial charge in [0.1, 0.15) is 11.3 Å². The van der Waals surface area contributed by atoms with E-state index in [9.17, 15) is 14.7 Å². The third-order valence-corrected chi connectivity index (χ3v) is 8.47. The number of furan rings is 1. The molecule has 0 spiro atoms. The van der Waals surface area contributed by atoms with E-state index < -0.39 is 23.5 Å². The number of ether oxygens (including phenoxy) is 1. The first kappa shape index (κ1) is 24.9. The van der Waals surface area contributed by atoms with Crippen molar-refractivity contribution >= 4 is 50.9 Å². The average Bonchev–Trinajstić information content (AvgIpc) is 3.69. The summed E-state index contributed by atoms with van der Waals surface area (Å²) in [5, 5.41) is 20.6. The predicted molar refractivity (Wildman–Crippen MR) is 149 cm³/mol. The van der Waals surface area contributed by atoms with Gasteiger partial charge in [-0.05, 0) is 35.4 Å². The van der Waals surface area contributed by atoms with Crippen LogP contribution in [0.4, 0.5) is 5.13 Å². The minimum atomic E-state index is -0.941. The van der Waals surface area contributed by atoms with Gasteiger partial charge in [0, 0.05) is 11.1 Å². The molecule has 3 aromatic carbocycles. The van der Waals surface area contributed by atoms with Crippen LogP contribution in [-0.2, 0) is 10.5 Å². The highest BCUT2D eigenvalue weighted by Gasteiger charge is 2.46. The highest BCUT2D eigenvalue weighted by molar-refractivity contribution is 8.00. The van der Waals surface area contributed by atoms with E-state index in [1.807, 2.05) is 42.5 Å². The molecule has 1 amide bonds. The molecule has 1 unspecified atom stereocenters. The first-order chi connectivity index (χ1) is 19.0. The van der Waals surface area contributed by atoms with Crippen LogP contribution >= 0.6 is 23.1 Å². The first-order valence-corrected chi connectivity index (χ1v) is 13.8. The van der Waals surface area contributed by atoms with Crippen LogP contribution in [0.3, 0.4) is 0 Å². The van der Waals surface area contributed by atoms with Crippen molar-refractivity contribution in [2.45, 2.75) is 16.1 Å². The van der Waals surface area contributed by atoms with E-state index in [4.69, 9.17) is 9.15 Å². The number of Topliss-reactive ketones (excluding diaryl/α,β-unsaturated/α-hetero) is 1. The molecule has 0 aliphatic carbocycles. The number of amides is 1. The summed E-state index contributed by atoms with van der Waals surface area (Å²) in [4.78, 5) is 28.5. The van der Waals surface area contributed by atoms with Gasteiger partial charge >= 0.3 is 0 Å². The first-order valence-electron chi connectivity index (χ1n) is 12.0. The summed E-state index contributed by atoms with van der Waals surface area (Å²) in [6.07, 6.45) is 0. The van der Waals surface area contributed by atoms with E-state index in [2.05, 4.69) is 10.2 Å². The van der Waals surface area contributed by atoms with Crippen molar-refractivity contribution in [3.63, 3.8) is 0 Å². The largest absolute Gasteiger partial charge is 0.503 e. The number of ketones is 1. The number of thioether (sulfide) groups is 1. The van der Waals surface area contributed by atoms with Gasteiger partial charge in [0.15, 0.2) is 15.9 Å². The Kier molecular flexibility index (Phi) is 6.64. The monoisotopic (exact) mass is 555 g/mol. The highest BCUT2D eigenvalue weighted by atomic mass is 32.2. The fraction of sp³-hybridized carbons (Fsp3) is 0.103. The Morgan fingerprint density at radius 1 is 1.05 bits per heavy atom. The van der Waals surface area contributed by atoms with Gasteiger partial charge in [0.2, 0.25) is 10.9 Å². The normalized spacial score (nSPS) is 15.4. The minimum absolute atomic E-state index is 0.0299. The summed E-state index contributed by atoms with van der Waals surface area (Å²) in [6.45, 7) is 0. The second-order valence-corrected chi connectivity index (χ2v) is 10.9. The summed E-state index contributed by atoms with van der Waals surface area (Å²) < 4.78 is 11.7. The molecule has 1 N–H and O–H groups in total. The van der Waals surface area contributed by atoms with E-state index in [1.54, 1.807) is 49.6 Å². The molecule has 10 heteroatoms. The van der Waals surface area contributed by atoms with Crippen molar-refractivity contribution in [3.8, 4) is 5.75 Å². The average molecular weight is 556 g/mol. The van der Waals surface area contributed by atoms with Gasteiger partial charge in [0.05, 0.1) is 18.7 Å². The molecule has 1 aliphatic heterocycles. The van der Waals surface area contributed by atoms with Crippen LogP contribution in [-0.4, -0.2) is 34.1 Å². The lowest BCUT2D eigenvalue weighted by Gasteiger charge is -2.24. The Labute approximate surface area is 231 Å². The fourth-order valence-electron chi connectivity index (χ4n) is 4.44. The number of aromatic nitrogens is 2. The number of anilines is 1. The number of aliphatic hydroxyl groups is 1. The number of rotatable bonds is 8. The zero-order valence-electron chi connectivity index (χ0n) is 20.6. The number of carbonyl (C=O) groups excluding carboxylic acids is 2. The van der Waals surface area contributed by atoms with Crippen molar-refractivity contribution in [2.24, 2.45) is 0 Å². The summed E-state index contributed by atoms with van der Waals surface area (Å²) in [6, 6.07) is 24.8. The molecule has 39 heavy (non-hydrogen) atoms. The number of hydrogen-bond acceptors (Lipinski definition) is 9. The molecule has 3 heterocycles. The second-order valence-electron chi connectivity index (χ2n) is 8.72. The van der Waals surface area contributed by atoms with Gasteiger partial charge in [-0.2, -0.15) is 0 Å². The van der Waals surface area contributed by atoms with Crippen LogP contribution in [0.15, 0.2) is 105 Å². The van der Waals surface area contributed by atoms with E-state index in [1.165, 1.54) is 28.0 Å². The van der Waals surface area contributed by atoms with E-state index in [0.717, 1.165) is 10.9 Å². The minimum Gasteiger partial charge on any atom is -0.503 e. The van der Waals surface area contributed by atoms with Crippen LogP contribution in [0.2, 0.25) is 0 Å². The lowest BCUT2D eigenvalue weighted by Crippen LogP contribution is -2.31. The molecule has 0 fully saturated rings. The Hall–Kier alpha value is -4.41. The summed E-state index contributed by atoms with van der Waals surface area (Å²) in [7, 11) is 1.55. The molecule has 1 atom stereocenters. The molecule has 6 rings (SSSR count). The lowest BCUT2D eigenvalue weighted by atomic mass is 9.95. The van der Waals surface area contributed by atoms with Crippen molar-refractivity contribution in [3.05, 3.63) is 113 Å². The smallest absolute Gasteiger partial charge is 0.296 e. The Bertz CT molecular complexity index is 1680.